The van der Waals surface area contributed by atoms with Crippen molar-refractivity contribution >= 4 is 15.6 Å². The number of hydrogen-bond donors (Lipinski definition) is 1. The van der Waals surface area contributed by atoms with Crippen LogP contribution in [-0.4, -0.2) is 41.3 Å². The Kier molecular flexibility index (Phi) is 5.84. The van der Waals surface area contributed by atoms with E-state index in [9.17, 15) is 13.2 Å². The molecule has 2 aliphatic carbocycles. The molecule has 36 heavy (non-hydrogen) atoms. The van der Waals surface area contributed by atoms with Crippen LogP contribution in [0.3, 0.4) is 0 Å². The van der Waals surface area contributed by atoms with Crippen molar-refractivity contribution < 1.29 is 17.6 Å². The summed E-state index contributed by atoms with van der Waals surface area (Å²) in [5.74, 6) is 0.237. The summed E-state index contributed by atoms with van der Waals surface area (Å²) >= 11 is 0. The van der Waals surface area contributed by atoms with Gasteiger partial charge in [-0.25, -0.2) is 17.5 Å². The number of carbonyl (C=O) groups excluding carboxylic acids is 1. The summed E-state index contributed by atoms with van der Waals surface area (Å²) in [6.45, 7) is 0.387. The van der Waals surface area contributed by atoms with E-state index in [1.54, 1.807) is 16.9 Å². The zero-order valence-electron chi connectivity index (χ0n) is 20.1. The van der Waals surface area contributed by atoms with Crippen LogP contribution in [0.1, 0.15) is 44.9 Å². The molecule has 1 saturated heterocycles. The summed E-state index contributed by atoms with van der Waals surface area (Å²) in [5, 5.41) is 7.04. The molecule has 2 heterocycles. The van der Waals surface area contributed by atoms with E-state index in [1.807, 2.05) is 36.5 Å². The second kappa shape index (κ2) is 8.92. The molecule has 2 aromatic carbocycles. The fraction of sp³-hybridized carbons (Fsp3) is 0.429. The molecule has 3 aromatic rings. The van der Waals surface area contributed by atoms with E-state index >= 15 is 4.39 Å². The van der Waals surface area contributed by atoms with Gasteiger partial charge in [-0.2, -0.15) is 5.10 Å². The normalized spacial score (nSPS) is 26.9. The predicted octanol–water partition coefficient (Wildman–Crippen LogP) is 4.72. The Hall–Kier alpha value is -2.84. The number of rotatable bonds is 5. The fourth-order valence-corrected chi connectivity index (χ4v) is 7.90. The summed E-state index contributed by atoms with van der Waals surface area (Å²) in [5.41, 5.74) is 2.16. The van der Waals surface area contributed by atoms with Crippen molar-refractivity contribution in [2.75, 3.05) is 6.54 Å². The van der Waals surface area contributed by atoms with Gasteiger partial charge in [0.15, 0.2) is 9.84 Å². The van der Waals surface area contributed by atoms with Crippen molar-refractivity contribution in [1.29, 1.82) is 0 Å². The average molecular weight is 508 g/mol. The summed E-state index contributed by atoms with van der Waals surface area (Å²) in [6.07, 6.45) is 8.99. The van der Waals surface area contributed by atoms with Crippen LogP contribution in [0.25, 0.3) is 16.8 Å². The van der Waals surface area contributed by atoms with Crippen molar-refractivity contribution in [2.24, 2.45) is 11.8 Å². The van der Waals surface area contributed by atoms with Gasteiger partial charge in [0.2, 0.25) is 0 Å². The molecule has 0 amide bonds. The molecule has 6 rings (SSSR count). The molecule has 188 valence electrons. The monoisotopic (exact) mass is 507 g/mol. The predicted molar refractivity (Wildman–Crippen MR) is 135 cm³/mol. The molecular weight excluding hydrogens is 477 g/mol. The number of piperidine rings is 1. The highest BCUT2D eigenvalue weighted by Gasteiger charge is 2.48. The van der Waals surface area contributed by atoms with Gasteiger partial charge in [0.25, 0.3) is 0 Å². The summed E-state index contributed by atoms with van der Waals surface area (Å²) in [7, 11) is -3.79. The molecule has 6 nitrogen and oxygen atoms in total. The topological polar surface area (TPSA) is 81.1 Å². The van der Waals surface area contributed by atoms with E-state index in [4.69, 9.17) is 0 Å². The minimum atomic E-state index is -3.79. The second-order valence-electron chi connectivity index (χ2n) is 10.6. The first-order valence-corrected chi connectivity index (χ1v) is 14.3. The minimum Gasteiger partial charge on any atom is -0.304 e. The van der Waals surface area contributed by atoms with Crippen molar-refractivity contribution in [1.82, 2.24) is 15.1 Å². The summed E-state index contributed by atoms with van der Waals surface area (Å²) < 4.78 is 43.7. The smallest absolute Gasteiger partial charge is 0.184 e. The Labute approximate surface area is 210 Å². The average Bonchev–Trinajstić information content (AvgIpc) is 3.59. The second-order valence-corrected chi connectivity index (χ2v) is 12.8. The molecular formula is C28H30FN3O3S. The Morgan fingerprint density at radius 2 is 1.72 bits per heavy atom. The first-order valence-electron chi connectivity index (χ1n) is 12.8. The van der Waals surface area contributed by atoms with Gasteiger partial charge >= 0.3 is 0 Å². The number of nitrogens with zero attached hydrogens (tertiary/aromatic N) is 2. The number of benzene rings is 2. The fourth-order valence-electron chi connectivity index (χ4n) is 6.09. The van der Waals surface area contributed by atoms with Gasteiger partial charge in [-0.3, -0.25) is 4.79 Å². The van der Waals surface area contributed by atoms with Crippen LogP contribution in [0.2, 0.25) is 0 Å². The molecule has 3 aliphatic rings. The highest BCUT2D eigenvalue weighted by atomic mass is 32.2. The molecule has 1 unspecified atom stereocenters. The van der Waals surface area contributed by atoms with Crippen molar-refractivity contribution in [3.63, 3.8) is 0 Å². The SMILES string of the molecule is O=C1CNC2(CCC(S(=O)(=O)c3ccc(-c4ccc(-n5cccn5)cc4)cc3F)CC2)CC1C1CC1. The Morgan fingerprint density at radius 3 is 2.36 bits per heavy atom. The lowest BCUT2D eigenvalue weighted by Gasteiger charge is -2.45. The molecule has 2 saturated carbocycles. The first-order chi connectivity index (χ1) is 17.3. The molecule has 0 bridgehead atoms. The standard InChI is InChI=1S/C28H30FN3O3S/c29-25-16-21(19-4-7-22(8-5-19)32-15-1-14-31-32)6-9-27(25)36(34,35)23-10-12-28(13-11-23)17-24(20-2-3-20)26(33)18-30-28/h1,4-9,14-16,20,23-24,30H,2-3,10-13,17-18H2. The van der Waals surface area contributed by atoms with E-state index in [2.05, 4.69) is 10.4 Å². The minimum absolute atomic E-state index is 0.123. The van der Waals surface area contributed by atoms with Crippen LogP contribution in [0.15, 0.2) is 65.8 Å². The van der Waals surface area contributed by atoms with Gasteiger partial charge in [-0.1, -0.05) is 18.2 Å². The van der Waals surface area contributed by atoms with Gasteiger partial charge in [0, 0.05) is 23.9 Å². The maximum Gasteiger partial charge on any atom is 0.184 e. The molecule has 1 aromatic heterocycles. The largest absolute Gasteiger partial charge is 0.304 e. The Bertz CT molecular complexity index is 1370. The third kappa shape index (κ3) is 4.30. The van der Waals surface area contributed by atoms with Crippen LogP contribution >= 0.6 is 0 Å². The van der Waals surface area contributed by atoms with Gasteiger partial charge in [-0.05, 0) is 92.3 Å². The van der Waals surface area contributed by atoms with Gasteiger partial charge < -0.3 is 5.32 Å². The van der Waals surface area contributed by atoms with Crippen molar-refractivity contribution in [3.05, 3.63) is 66.7 Å². The summed E-state index contributed by atoms with van der Waals surface area (Å²) in [4.78, 5) is 12.1. The number of sulfone groups is 1. The molecule has 1 spiro atoms. The number of Topliss-reactive ketones (excluding diaryl/α,β-unsaturated/α-hetero) is 1. The van der Waals surface area contributed by atoms with E-state index in [-0.39, 0.29) is 16.4 Å². The lowest BCUT2D eigenvalue weighted by Crippen LogP contribution is -2.57. The maximum absolute atomic E-state index is 15.2. The molecule has 1 N–H and O–H groups in total. The number of hydrogen-bond acceptors (Lipinski definition) is 5. The number of carbonyl (C=O) groups is 1. The first kappa shape index (κ1) is 23.6. The van der Waals surface area contributed by atoms with Crippen LogP contribution < -0.4 is 5.32 Å². The zero-order chi connectivity index (χ0) is 24.9. The number of aromatic nitrogens is 2. The van der Waals surface area contributed by atoms with E-state index < -0.39 is 20.9 Å². The van der Waals surface area contributed by atoms with E-state index in [1.165, 1.54) is 12.1 Å². The quantitative estimate of drug-likeness (QED) is 0.540. The van der Waals surface area contributed by atoms with Crippen molar-refractivity contribution in [2.45, 2.75) is 60.6 Å². The Morgan fingerprint density at radius 1 is 1.00 bits per heavy atom. The Balaban J connectivity index is 1.16. The van der Waals surface area contributed by atoms with E-state index in [0.29, 0.717) is 49.5 Å². The summed E-state index contributed by atoms with van der Waals surface area (Å²) in [6, 6.07) is 13.8. The molecule has 0 radical (unpaired) electrons. The number of nitrogens with one attached hydrogen (secondary N) is 1. The van der Waals surface area contributed by atoms with Crippen LogP contribution in [-0.2, 0) is 14.6 Å². The van der Waals surface area contributed by atoms with Crippen LogP contribution in [0, 0.1) is 17.7 Å². The van der Waals surface area contributed by atoms with Crippen LogP contribution in [0.4, 0.5) is 4.39 Å². The molecule has 1 aliphatic heterocycles. The lowest BCUT2D eigenvalue weighted by atomic mass is 9.71. The van der Waals surface area contributed by atoms with E-state index in [0.717, 1.165) is 30.5 Å². The number of ketones is 1. The third-order valence-electron chi connectivity index (χ3n) is 8.39. The van der Waals surface area contributed by atoms with Gasteiger partial charge in [0.05, 0.1) is 17.5 Å². The maximum atomic E-state index is 15.2. The molecule has 1 atom stereocenters. The highest BCUT2D eigenvalue weighted by molar-refractivity contribution is 7.92. The van der Waals surface area contributed by atoms with Crippen LogP contribution in [0.5, 0.6) is 0 Å². The molecule has 3 fully saturated rings. The van der Waals surface area contributed by atoms with Crippen molar-refractivity contribution in [3.8, 4) is 16.8 Å². The van der Waals surface area contributed by atoms with Gasteiger partial charge in [0.1, 0.15) is 16.5 Å². The third-order valence-corrected chi connectivity index (χ3v) is 10.7. The lowest BCUT2D eigenvalue weighted by molar-refractivity contribution is -0.126. The molecule has 8 heteroatoms. The number of halogens is 1. The zero-order valence-corrected chi connectivity index (χ0v) is 20.9. The highest BCUT2D eigenvalue weighted by Crippen LogP contribution is 2.47. The van der Waals surface area contributed by atoms with Gasteiger partial charge in [-0.15, -0.1) is 0 Å².